The minimum absolute atomic E-state index is 0.166. The molecule has 3 atom stereocenters. The normalized spacial score (nSPS) is 33.2. The maximum absolute atomic E-state index is 12.1. The van der Waals surface area contributed by atoms with E-state index in [0.717, 1.165) is 32.0 Å². The molecule has 0 spiro atoms. The highest BCUT2D eigenvalue weighted by Crippen LogP contribution is 2.28. The predicted molar refractivity (Wildman–Crippen MR) is 74.5 cm³/mol. The smallest absolute Gasteiger partial charge is 0.317 e. The van der Waals surface area contributed by atoms with Gasteiger partial charge in [0.1, 0.15) is 0 Å². The number of carbonyl (C=O) groups is 1. The summed E-state index contributed by atoms with van der Waals surface area (Å²) >= 11 is 0. The molecule has 3 heteroatoms. The monoisotopic (exact) mass is 252 g/mol. The van der Waals surface area contributed by atoms with Crippen LogP contribution in [0.25, 0.3) is 0 Å². The molecule has 1 heterocycles. The lowest BCUT2D eigenvalue weighted by Gasteiger charge is -2.32. The molecule has 0 radical (unpaired) electrons. The number of nitrogens with zero attached hydrogens (tertiary/aromatic N) is 1. The fraction of sp³-hybridized carbons (Fsp3) is 0.933. The van der Waals surface area contributed by atoms with E-state index < -0.39 is 0 Å². The van der Waals surface area contributed by atoms with Gasteiger partial charge in [-0.2, -0.15) is 0 Å². The van der Waals surface area contributed by atoms with Crippen molar-refractivity contribution in [3.05, 3.63) is 0 Å². The van der Waals surface area contributed by atoms with Gasteiger partial charge >= 0.3 is 6.03 Å². The minimum atomic E-state index is 0.166. The van der Waals surface area contributed by atoms with Crippen LogP contribution in [0.1, 0.15) is 52.4 Å². The zero-order chi connectivity index (χ0) is 13.0. The van der Waals surface area contributed by atoms with Crippen LogP contribution in [0.2, 0.25) is 0 Å². The summed E-state index contributed by atoms with van der Waals surface area (Å²) in [6.45, 7) is 7.33. The Hall–Kier alpha value is -0.730. The van der Waals surface area contributed by atoms with Crippen molar-refractivity contribution >= 4 is 6.03 Å². The molecule has 2 amide bonds. The molecule has 0 aromatic heterocycles. The van der Waals surface area contributed by atoms with Crippen LogP contribution in [0.4, 0.5) is 4.79 Å². The van der Waals surface area contributed by atoms with E-state index in [4.69, 9.17) is 0 Å². The molecule has 0 aromatic rings. The third kappa shape index (κ3) is 3.89. The van der Waals surface area contributed by atoms with E-state index in [9.17, 15) is 4.79 Å². The summed E-state index contributed by atoms with van der Waals surface area (Å²) in [6.07, 6.45) is 7.72. The van der Waals surface area contributed by atoms with E-state index in [1.165, 1.54) is 32.1 Å². The van der Waals surface area contributed by atoms with Gasteiger partial charge in [0.15, 0.2) is 0 Å². The van der Waals surface area contributed by atoms with Crippen LogP contribution in [-0.4, -0.2) is 30.6 Å². The number of rotatable bonds is 2. The third-order valence-electron chi connectivity index (χ3n) is 4.53. The molecular formula is C15H28N2O. The average molecular weight is 252 g/mol. The van der Waals surface area contributed by atoms with Crippen LogP contribution in [-0.2, 0) is 0 Å². The molecule has 18 heavy (non-hydrogen) atoms. The Bertz CT molecular complexity index is 280. The second-order valence-corrected chi connectivity index (χ2v) is 6.52. The summed E-state index contributed by atoms with van der Waals surface area (Å²) in [6, 6.07) is 0.166. The van der Waals surface area contributed by atoms with Crippen molar-refractivity contribution in [3.63, 3.8) is 0 Å². The first-order chi connectivity index (χ1) is 8.65. The molecular weight excluding hydrogens is 224 g/mol. The van der Waals surface area contributed by atoms with Gasteiger partial charge in [-0.25, -0.2) is 4.79 Å². The van der Waals surface area contributed by atoms with E-state index in [-0.39, 0.29) is 6.03 Å². The molecule has 1 N–H and O–H groups in total. The number of likely N-dealkylation sites (tertiary alicyclic amines) is 1. The quantitative estimate of drug-likeness (QED) is 0.804. The van der Waals surface area contributed by atoms with E-state index in [0.29, 0.717) is 11.8 Å². The lowest BCUT2D eigenvalue weighted by Crippen LogP contribution is -2.46. The zero-order valence-corrected chi connectivity index (χ0v) is 12.0. The van der Waals surface area contributed by atoms with Gasteiger partial charge in [-0.05, 0) is 43.4 Å². The topological polar surface area (TPSA) is 32.3 Å². The third-order valence-corrected chi connectivity index (χ3v) is 4.53. The molecule has 1 aliphatic heterocycles. The Morgan fingerprint density at radius 1 is 1.17 bits per heavy atom. The van der Waals surface area contributed by atoms with E-state index in [2.05, 4.69) is 19.2 Å². The number of hydrogen-bond donors (Lipinski definition) is 1. The Morgan fingerprint density at radius 3 is 2.67 bits per heavy atom. The lowest BCUT2D eigenvalue weighted by atomic mass is 9.82. The van der Waals surface area contributed by atoms with Gasteiger partial charge < -0.3 is 10.2 Å². The van der Waals surface area contributed by atoms with Crippen LogP contribution >= 0.6 is 0 Å². The SMILES string of the molecule is CC1CCCC(CNC(=O)N2CCCC(C)C2)C1. The largest absolute Gasteiger partial charge is 0.338 e. The van der Waals surface area contributed by atoms with Gasteiger partial charge in [0.25, 0.3) is 0 Å². The Labute approximate surface area is 111 Å². The maximum atomic E-state index is 12.1. The molecule has 1 saturated carbocycles. The minimum Gasteiger partial charge on any atom is -0.338 e. The van der Waals surface area contributed by atoms with Crippen LogP contribution in [0, 0.1) is 17.8 Å². The highest BCUT2D eigenvalue weighted by atomic mass is 16.2. The molecule has 2 rings (SSSR count). The second-order valence-electron chi connectivity index (χ2n) is 6.52. The van der Waals surface area contributed by atoms with Gasteiger partial charge in [0.2, 0.25) is 0 Å². The molecule has 3 nitrogen and oxygen atoms in total. The lowest BCUT2D eigenvalue weighted by molar-refractivity contribution is 0.165. The number of carbonyl (C=O) groups excluding carboxylic acids is 1. The van der Waals surface area contributed by atoms with E-state index >= 15 is 0 Å². The van der Waals surface area contributed by atoms with Crippen LogP contribution in [0.3, 0.4) is 0 Å². The molecule has 3 unspecified atom stereocenters. The fourth-order valence-electron chi connectivity index (χ4n) is 3.46. The van der Waals surface area contributed by atoms with E-state index in [1.54, 1.807) is 0 Å². The van der Waals surface area contributed by atoms with Crippen molar-refractivity contribution in [1.82, 2.24) is 10.2 Å². The number of amides is 2. The number of urea groups is 1. The van der Waals surface area contributed by atoms with Gasteiger partial charge in [-0.3, -0.25) is 0 Å². The average Bonchev–Trinajstić information content (AvgIpc) is 2.36. The van der Waals surface area contributed by atoms with Gasteiger partial charge in [-0.1, -0.05) is 26.7 Å². The number of hydrogen-bond acceptors (Lipinski definition) is 1. The summed E-state index contributed by atoms with van der Waals surface area (Å²) in [7, 11) is 0. The highest BCUT2D eigenvalue weighted by molar-refractivity contribution is 5.74. The molecule has 1 aliphatic carbocycles. The van der Waals surface area contributed by atoms with Crippen molar-refractivity contribution < 1.29 is 4.79 Å². The van der Waals surface area contributed by atoms with Crippen LogP contribution in [0.15, 0.2) is 0 Å². The van der Waals surface area contributed by atoms with Gasteiger partial charge in [0.05, 0.1) is 0 Å². The molecule has 2 aliphatic rings. The highest BCUT2D eigenvalue weighted by Gasteiger charge is 2.23. The van der Waals surface area contributed by atoms with Gasteiger partial charge in [-0.15, -0.1) is 0 Å². The predicted octanol–water partition coefficient (Wildman–Crippen LogP) is 3.25. The molecule has 0 bridgehead atoms. The number of piperidine rings is 1. The molecule has 104 valence electrons. The van der Waals surface area contributed by atoms with Crippen molar-refractivity contribution in [2.75, 3.05) is 19.6 Å². The standard InChI is InChI=1S/C15H28N2O/c1-12-5-3-7-14(9-12)10-16-15(18)17-8-4-6-13(2)11-17/h12-14H,3-11H2,1-2H3,(H,16,18). The Balaban J connectivity index is 1.70. The van der Waals surface area contributed by atoms with Gasteiger partial charge in [0, 0.05) is 19.6 Å². The van der Waals surface area contributed by atoms with Crippen LogP contribution in [0.5, 0.6) is 0 Å². The molecule has 2 fully saturated rings. The van der Waals surface area contributed by atoms with Crippen molar-refractivity contribution in [2.45, 2.75) is 52.4 Å². The summed E-state index contributed by atoms with van der Waals surface area (Å²) in [5.74, 6) is 2.22. The molecule has 1 saturated heterocycles. The first kappa shape index (κ1) is 13.7. The summed E-state index contributed by atoms with van der Waals surface area (Å²) < 4.78 is 0. The fourth-order valence-corrected chi connectivity index (χ4v) is 3.46. The maximum Gasteiger partial charge on any atom is 0.317 e. The Kier molecular flexibility index (Phi) is 4.90. The second kappa shape index (κ2) is 6.44. The summed E-state index contributed by atoms with van der Waals surface area (Å²) in [4.78, 5) is 14.1. The van der Waals surface area contributed by atoms with Crippen molar-refractivity contribution in [2.24, 2.45) is 17.8 Å². The first-order valence-electron chi connectivity index (χ1n) is 7.68. The first-order valence-corrected chi connectivity index (χ1v) is 7.68. The zero-order valence-electron chi connectivity index (χ0n) is 12.0. The summed E-state index contributed by atoms with van der Waals surface area (Å²) in [5.41, 5.74) is 0. The van der Waals surface area contributed by atoms with Crippen molar-refractivity contribution in [1.29, 1.82) is 0 Å². The molecule has 0 aromatic carbocycles. The van der Waals surface area contributed by atoms with E-state index in [1.807, 2.05) is 4.90 Å². The van der Waals surface area contributed by atoms with Crippen molar-refractivity contribution in [3.8, 4) is 0 Å². The van der Waals surface area contributed by atoms with Crippen LogP contribution < -0.4 is 5.32 Å². The summed E-state index contributed by atoms with van der Waals surface area (Å²) in [5, 5.41) is 3.15. The Morgan fingerprint density at radius 2 is 1.94 bits per heavy atom. The number of nitrogens with one attached hydrogen (secondary N) is 1.